The first-order valence-electron chi connectivity index (χ1n) is 6.44. The first-order valence-corrected chi connectivity index (χ1v) is 6.44. The fraction of sp³-hybridized carbons (Fsp3) is 0.692. The molecule has 0 saturated carbocycles. The smallest absolute Gasteiger partial charge is 0.411 e. The highest BCUT2D eigenvalue weighted by atomic mass is 16.6. The van der Waals surface area contributed by atoms with E-state index in [1.54, 1.807) is 0 Å². The van der Waals surface area contributed by atoms with Crippen molar-refractivity contribution in [2.24, 2.45) is 7.05 Å². The Hall–Kier alpha value is -1.52. The molecule has 1 unspecified atom stereocenters. The largest absolute Gasteiger partial charge is 0.436 e. The van der Waals surface area contributed by atoms with Gasteiger partial charge in [0.15, 0.2) is 11.9 Å². The van der Waals surface area contributed by atoms with Crippen LogP contribution in [-0.2, 0) is 11.8 Å². The normalized spacial score (nSPS) is 25.4. The number of nitrogens with zero attached hydrogens (tertiary/aromatic N) is 3. The standard InChI is InChI=1S/C13H21N3O2/c1-6-8(2)16-10(4)11(18-13(16)17)12-14-7-9(3)15(12)5/h7-8,10-11H,6H2,1-5H3/t8?,10-,11-/m0/s1. The van der Waals surface area contributed by atoms with Gasteiger partial charge in [-0.15, -0.1) is 0 Å². The van der Waals surface area contributed by atoms with Gasteiger partial charge in [-0.2, -0.15) is 0 Å². The lowest BCUT2D eigenvalue weighted by molar-refractivity contribution is 0.123. The van der Waals surface area contributed by atoms with Gasteiger partial charge < -0.3 is 9.30 Å². The van der Waals surface area contributed by atoms with Crippen LogP contribution in [0, 0.1) is 6.92 Å². The summed E-state index contributed by atoms with van der Waals surface area (Å²) in [5.41, 5.74) is 1.07. The highest BCUT2D eigenvalue weighted by Gasteiger charge is 2.43. The molecule has 2 heterocycles. The number of aryl methyl sites for hydroxylation is 1. The quantitative estimate of drug-likeness (QED) is 0.828. The van der Waals surface area contributed by atoms with Crippen molar-refractivity contribution < 1.29 is 9.53 Å². The summed E-state index contributed by atoms with van der Waals surface area (Å²) in [7, 11) is 1.95. The third-order valence-corrected chi connectivity index (χ3v) is 3.89. The van der Waals surface area contributed by atoms with Gasteiger partial charge in [0.05, 0.1) is 6.04 Å². The lowest BCUT2D eigenvalue weighted by Crippen LogP contribution is -2.39. The number of hydrogen-bond acceptors (Lipinski definition) is 3. The highest BCUT2D eigenvalue weighted by Crippen LogP contribution is 2.33. The Morgan fingerprint density at radius 1 is 1.56 bits per heavy atom. The van der Waals surface area contributed by atoms with Gasteiger partial charge >= 0.3 is 6.09 Å². The van der Waals surface area contributed by atoms with Crippen molar-refractivity contribution >= 4 is 6.09 Å². The number of aromatic nitrogens is 2. The summed E-state index contributed by atoms with van der Waals surface area (Å²) in [5, 5.41) is 0. The Bertz CT molecular complexity index is 455. The second-order valence-corrected chi connectivity index (χ2v) is 5.03. The second-order valence-electron chi connectivity index (χ2n) is 5.03. The molecule has 5 nitrogen and oxygen atoms in total. The topological polar surface area (TPSA) is 47.4 Å². The molecule has 1 aliphatic heterocycles. The van der Waals surface area contributed by atoms with Gasteiger partial charge in [0.1, 0.15) is 0 Å². The number of cyclic esters (lactones) is 1. The molecule has 0 radical (unpaired) electrons. The zero-order chi connectivity index (χ0) is 13.4. The minimum absolute atomic E-state index is 0.0212. The van der Waals surface area contributed by atoms with Crippen LogP contribution < -0.4 is 0 Å². The SMILES string of the molecule is CCC(C)N1C(=O)O[C@H](c2ncc(C)n2C)[C@@H]1C. The molecule has 1 aromatic heterocycles. The Labute approximate surface area is 108 Å². The molecule has 3 atom stereocenters. The minimum Gasteiger partial charge on any atom is -0.436 e. The van der Waals surface area contributed by atoms with Crippen molar-refractivity contribution in [3.05, 3.63) is 17.7 Å². The fourth-order valence-electron chi connectivity index (χ4n) is 2.40. The number of hydrogen-bond donors (Lipinski definition) is 0. The van der Waals surface area contributed by atoms with Crippen molar-refractivity contribution in [2.45, 2.75) is 52.3 Å². The van der Waals surface area contributed by atoms with Crippen LogP contribution >= 0.6 is 0 Å². The van der Waals surface area contributed by atoms with Gasteiger partial charge in [0.2, 0.25) is 0 Å². The van der Waals surface area contributed by atoms with E-state index in [4.69, 9.17) is 4.74 Å². The van der Waals surface area contributed by atoms with E-state index in [1.807, 2.05) is 43.5 Å². The van der Waals surface area contributed by atoms with Crippen molar-refractivity contribution in [1.29, 1.82) is 0 Å². The first-order chi connectivity index (χ1) is 8.47. The van der Waals surface area contributed by atoms with Crippen molar-refractivity contribution in [3.63, 3.8) is 0 Å². The van der Waals surface area contributed by atoms with E-state index in [9.17, 15) is 4.79 Å². The van der Waals surface area contributed by atoms with E-state index in [1.165, 1.54) is 0 Å². The minimum atomic E-state index is -0.273. The highest BCUT2D eigenvalue weighted by molar-refractivity contribution is 5.71. The third-order valence-electron chi connectivity index (χ3n) is 3.89. The molecule has 100 valence electrons. The monoisotopic (exact) mass is 251 g/mol. The van der Waals surface area contributed by atoms with Crippen LogP contribution in [0.5, 0.6) is 0 Å². The maximum absolute atomic E-state index is 12.0. The molecule has 0 aromatic carbocycles. The summed E-state index contributed by atoms with van der Waals surface area (Å²) < 4.78 is 7.47. The zero-order valence-electron chi connectivity index (χ0n) is 11.7. The molecule has 1 amide bonds. The Balaban J connectivity index is 2.28. The lowest BCUT2D eigenvalue weighted by atomic mass is 10.1. The average Bonchev–Trinajstić information content (AvgIpc) is 2.81. The van der Waals surface area contributed by atoms with E-state index in [2.05, 4.69) is 11.9 Å². The fourth-order valence-corrected chi connectivity index (χ4v) is 2.40. The van der Waals surface area contributed by atoms with E-state index >= 15 is 0 Å². The molecule has 0 spiro atoms. The van der Waals surface area contributed by atoms with E-state index < -0.39 is 0 Å². The molecule has 1 aromatic rings. The number of rotatable bonds is 3. The van der Waals surface area contributed by atoms with Crippen molar-refractivity contribution in [1.82, 2.24) is 14.5 Å². The van der Waals surface area contributed by atoms with Crippen LogP contribution in [0.25, 0.3) is 0 Å². The van der Waals surface area contributed by atoms with Gasteiger partial charge in [-0.25, -0.2) is 9.78 Å². The number of amides is 1. The third kappa shape index (κ3) is 1.87. The second kappa shape index (κ2) is 4.63. The van der Waals surface area contributed by atoms with Gasteiger partial charge in [0, 0.05) is 25.0 Å². The Kier molecular flexibility index (Phi) is 3.32. The predicted octanol–water partition coefficient (Wildman–Crippen LogP) is 2.41. The van der Waals surface area contributed by atoms with Gasteiger partial charge in [-0.05, 0) is 27.2 Å². The van der Waals surface area contributed by atoms with Gasteiger partial charge in [-0.3, -0.25) is 4.90 Å². The zero-order valence-corrected chi connectivity index (χ0v) is 11.7. The molecule has 0 N–H and O–H groups in total. The summed E-state index contributed by atoms with van der Waals surface area (Å²) in [6, 6.07) is 0.215. The summed E-state index contributed by atoms with van der Waals surface area (Å²) in [5.74, 6) is 0.819. The van der Waals surface area contributed by atoms with Crippen LogP contribution in [-0.4, -0.2) is 32.6 Å². The number of carbonyl (C=O) groups is 1. The van der Waals surface area contributed by atoms with E-state index in [0.717, 1.165) is 17.9 Å². The lowest BCUT2D eigenvalue weighted by Gasteiger charge is -2.26. The molecule has 0 aliphatic carbocycles. The molecule has 5 heteroatoms. The number of carbonyl (C=O) groups excluding carboxylic acids is 1. The Morgan fingerprint density at radius 3 is 2.72 bits per heavy atom. The maximum atomic E-state index is 12.0. The molecule has 0 bridgehead atoms. The van der Waals surface area contributed by atoms with Crippen molar-refractivity contribution in [2.75, 3.05) is 0 Å². The Morgan fingerprint density at radius 2 is 2.22 bits per heavy atom. The molecule has 18 heavy (non-hydrogen) atoms. The molecule has 1 saturated heterocycles. The molecular formula is C13H21N3O2. The van der Waals surface area contributed by atoms with Crippen LogP contribution in [0.15, 0.2) is 6.20 Å². The summed E-state index contributed by atoms with van der Waals surface area (Å²) in [6.45, 7) is 8.13. The molecule has 1 aliphatic rings. The first kappa shape index (κ1) is 12.9. The van der Waals surface area contributed by atoms with Gasteiger partial charge in [0.25, 0.3) is 0 Å². The molecule has 2 rings (SSSR count). The summed E-state index contributed by atoms with van der Waals surface area (Å²) in [4.78, 5) is 18.1. The molecular weight excluding hydrogens is 230 g/mol. The number of ether oxygens (including phenoxy) is 1. The van der Waals surface area contributed by atoms with Crippen LogP contribution in [0.2, 0.25) is 0 Å². The number of imidazole rings is 1. The molecule has 1 fully saturated rings. The van der Waals surface area contributed by atoms with Gasteiger partial charge in [-0.1, -0.05) is 6.92 Å². The van der Waals surface area contributed by atoms with E-state index in [-0.39, 0.29) is 24.3 Å². The predicted molar refractivity (Wildman–Crippen MR) is 68.2 cm³/mol. The average molecular weight is 251 g/mol. The summed E-state index contributed by atoms with van der Waals surface area (Å²) in [6.07, 6.45) is 2.22. The van der Waals surface area contributed by atoms with Crippen LogP contribution in [0.4, 0.5) is 4.79 Å². The van der Waals surface area contributed by atoms with E-state index in [0.29, 0.717) is 0 Å². The summed E-state index contributed by atoms with van der Waals surface area (Å²) >= 11 is 0. The van der Waals surface area contributed by atoms with Crippen molar-refractivity contribution in [3.8, 4) is 0 Å². The maximum Gasteiger partial charge on any atom is 0.411 e. The van der Waals surface area contributed by atoms with Crippen LogP contribution in [0.3, 0.4) is 0 Å². The van der Waals surface area contributed by atoms with Crippen LogP contribution in [0.1, 0.15) is 44.8 Å².